The molecule has 0 radical (unpaired) electrons. The Hall–Kier alpha value is -1.35. The number of rotatable bonds is 5. The number of aromatic nitrogens is 1. The molecule has 1 aromatic heterocycles. The molecule has 3 N–H and O–H groups in total. The lowest BCUT2D eigenvalue weighted by Crippen LogP contribution is -2.23. The van der Waals surface area contributed by atoms with E-state index in [4.69, 9.17) is 5.73 Å². The first-order chi connectivity index (χ1) is 9.03. The molecule has 2 rings (SSSR count). The van der Waals surface area contributed by atoms with Gasteiger partial charge in [0.05, 0.1) is 11.4 Å². The van der Waals surface area contributed by atoms with Gasteiger partial charge in [0, 0.05) is 23.7 Å². The number of sulfonamides is 1. The Labute approximate surface area is 114 Å². The molecule has 0 saturated heterocycles. The normalized spacial score (nSPS) is 11.7. The molecule has 0 atom stereocenters. The fraction of sp³-hybridized carbons (Fsp3) is 0.182. The van der Waals surface area contributed by atoms with Crippen LogP contribution in [0.4, 0.5) is 4.39 Å². The average Bonchev–Trinajstić information content (AvgIpc) is 2.90. The summed E-state index contributed by atoms with van der Waals surface area (Å²) < 4.78 is 39.7. The number of hydrogen-bond donors (Lipinski definition) is 2. The molecule has 0 aliphatic carbocycles. The summed E-state index contributed by atoms with van der Waals surface area (Å²) in [6.45, 7) is 0.0526. The van der Waals surface area contributed by atoms with Crippen molar-refractivity contribution in [2.45, 2.75) is 18.0 Å². The van der Waals surface area contributed by atoms with Crippen LogP contribution in [0.1, 0.15) is 10.6 Å². The maximum absolute atomic E-state index is 13.3. The van der Waals surface area contributed by atoms with Crippen LogP contribution in [0.5, 0.6) is 0 Å². The van der Waals surface area contributed by atoms with Crippen LogP contribution in [0.2, 0.25) is 0 Å². The zero-order valence-electron chi connectivity index (χ0n) is 9.84. The molecule has 0 fully saturated rings. The second-order valence-corrected chi connectivity index (χ2v) is 6.45. The largest absolute Gasteiger partial charge is 0.326 e. The monoisotopic (exact) mass is 301 g/mol. The van der Waals surface area contributed by atoms with Crippen LogP contribution in [0.25, 0.3) is 0 Å². The third-order valence-corrected chi connectivity index (χ3v) is 4.62. The Bertz CT molecular complexity index is 657. The minimum atomic E-state index is -3.69. The van der Waals surface area contributed by atoms with Gasteiger partial charge in [-0.3, -0.25) is 0 Å². The molecule has 0 bridgehead atoms. The van der Waals surface area contributed by atoms with E-state index >= 15 is 0 Å². The van der Waals surface area contributed by atoms with Crippen LogP contribution in [0.15, 0.2) is 34.7 Å². The molecule has 102 valence electrons. The highest BCUT2D eigenvalue weighted by Gasteiger charge is 2.16. The van der Waals surface area contributed by atoms with Crippen LogP contribution in [-0.2, 0) is 23.1 Å². The summed E-state index contributed by atoms with van der Waals surface area (Å²) in [5.41, 5.74) is 5.51. The lowest BCUT2D eigenvalue weighted by Gasteiger charge is -2.07. The van der Waals surface area contributed by atoms with Crippen molar-refractivity contribution in [1.29, 1.82) is 0 Å². The van der Waals surface area contributed by atoms with Crippen LogP contribution in [0, 0.1) is 5.82 Å². The third kappa shape index (κ3) is 3.35. The van der Waals surface area contributed by atoms with E-state index in [1.807, 2.05) is 0 Å². The van der Waals surface area contributed by atoms with Crippen LogP contribution >= 0.6 is 11.3 Å². The van der Waals surface area contributed by atoms with Crippen molar-refractivity contribution in [3.05, 3.63) is 46.2 Å². The van der Waals surface area contributed by atoms with E-state index in [0.29, 0.717) is 5.01 Å². The van der Waals surface area contributed by atoms with E-state index < -0.39 is 15.8 Å². The molecule has 0 unspecified atom stereocenters. The van der Waals surface area contributed by atoms with Crippen molar-refractivity contribution < 1.29 is 12.8 Å². The second-order valence-electron chi connectivity index (χ2n) is 3.71. The maximum Gasteiger partial charge on any atom is 0.240 e. The first-order valence-electron chi connectivity index (χ1n) is 5.39. The van der Waals surface area contributed by atoms with Crippen LogP contribution in [-0.4, -0.2) is 13.4 Å². The minimum Gasteiger partial charge on any atom is -0.326 e. The molecule has 0 aliphatic rings. The van der Waals surface area contributed by atoms with Crippen molar-refractivity contribution in [2.24, 2.45) is 5.73 Å². The molecule has 0 amide bonds. The van der Waals surface area contributed by atoms with Crippen LogP contribution < -0.4 is 10.5 Å². The summed E-state index contributed by atoms with van der Waals surface area (Å²) >= 11 is 1.35. The zero-order chi connectivity index (χ0) is 13.9. The van der Waals surface area contributed by atoms with Crippen molar-refractivity contribution in [3.8, 4) is 0 Å². The average molecular weight is 301 g/mol. The minimum absolute atomic E-state index is 0.00842. The van der Waals surface area contributed by atoms with E-state index in [1.54, 1.807) is 11.6 Å². The summed E-state index contributed by atoms with van der Waals surface area (Å²) in [5, 5.41) is 2.42. The van der Waals surface area contributed by atoms with E-state index in [1.165, 1.54) is 23.5 Å². The topological polar surface area (TPSA) is 85.1 Å². The van der Waals surface area contributed by atoms with Crippen molar-refractivity contribution >= 4 is 21.4 Å². The molecule has 1 heterocycles. The lowest BCUT2D eigenvalue weighted by atomic mass is 10.2. The quantitative estimate of drug-likeness (QED) is 0.869. The van der Waals surface area contributed by atoms with Gasteiger partial charge < -0.3 is 5.73 Å². The molecule has 1 aromatic carbocycles. The zero-order valence-corrected chi connectivity index (χ0v) is 11.5. The molecule has 5 nitrogen and oxygen atoms in total. The van der Waals surface area contributed by atoms with Gasteiger partial charge in [-0.15, -0.1) is 11.3 Å². The van der Waals surface area contributed by atoms with Gasteiger partial charge in [-0.25, -0.2) is 22.5 Å². The van der Waals surface area contributed by atoms with Gasteiger partial charge in [-0.1, -0.05) is 0 Å². The molecule has 0 aliphatic heterocycles. The Kier molecular flexibility index (Phi) is 4.25. The summed E-state index contributed by atoms with van der Waals surface area (Å²) in [6, 6.07) is 3.54. The summed E-state index contributed by atoms with van der Waals surface area (Å²) in [5.74, 6) is -0.513. The SMILES string of the molecule is NCc1cc(S(=O)(=O)NCc2nccs2)ccc1F. The fourth-order valence-corrected chi connectivity index (χ4v) is 3.14. The van der Waals surface area contributed by atoms with Crippen molar-refractivity contribution in [3.63, 3.8) is 0 Å². The molecule has 2 aromatic rings. The lowest BCUT2D eigenvalue weighted by molar-refractivity contribution is 0.579. The van der Waals surface area contributed by atoms with Gasteiger partial charge >= 0.3 is 0 Å². The van der Waals surface area contributed by atoms with Gasteiger partial charge in [0.1, 0.15) is 10.8 Å². The highest BCUT2D eigenvalue weighted by atomic mass is 32.2. The molecule has 19 heavy (non-hydrogen) atoms. The number of nitrogens with zero attached hydrogens (tertiary/aromatic N) is 1. The highest BCUT2D eigenvalue weighted by Crippen LogP contribution is 2.15. The predicted octanol–water partition coefficient (Wildman–Crippen LogP) is 1.22. The Morgan fingerprint density at radius 3 is 2.84 bits per heavy atom. The number of halogens is 1. The van der Waals surface area contributed by atoms with Gasteiger partial charge in [0.15, 0.2) is 0 Å². The molecule has 0 spiro atoms. The number of thiazole rings is 1. The first-order valence-corrected chi connectivity index (χ1v) is 7.76. The summed E-state index contributed by atoms with van der Waals surface area (Å²) in [7, 11) is -3.69. The second kappa shape index (κ2) is 5.74. The Balaban J connectivity index is 2.19. The van der Waals surface area contributed by atoms with E-state index in [-0.39, 0.29) is 23.5 Å². The Morgan fingerprint density at radius 2 is 2.21 bits per heavy atom. The maximum atomic E-state index is 13.3. The summed E-state index contributed by atoms with van der Waals surface area (Å²) in [4.78, 5) is 3.96. The van der Waals surface area contributed by atoms with E-state index in [0.717, 1.165) is 6.07 Å². The van der Waals surface area contributed by atoms with Gasteiger partial charge in [0.25, 0.3) is 0 Å². The van der Waals surface area contributed by atoms with E-state index in [2.05, 4.69) is 9.71 Å². The van der Waals surface area contributed by atoms with Gasteiger partial charge in [0.2, 0.25) is 10.0 Å². The smallest absolute Gasteiger partial charge is 0.240 e. The number of nitrogens with one attached hydrogen (secondary N) is 1. The number of nitrogens with two attached hydrogens (primary N) is 1. The van der Waals surface area contributed by atoms with Crippen molar-refractivity contribution in [1.82, 2.24) is 9.71 Å². The fourth-order valence-electron chi connectivity index (χ4n) is 1.46. The number of benzene rings is 1. The molecule has 8 heteroatoms. The predicted molar refractivity (Wildman–Crippen MR) is 70.4 cm³/mol. The molecular formula is C11H12FN3O2S2. The standard InChI is InChI=1S/C11H12FN3O2S2/c12-10-2-1-9(5-8(10)6-13)19(16,17)15-7-11-14-3-4-18-11/h1-5,15H,6-7,13H2. The first kappa shape index (κ1) is 14.1. The van der Waals surface area contributed by atoms with Crippen molar-refractivity contribution in [2.75, 3.05) is 0 Å². The van der Waals surface area contributed by atoms with Gasteiger partial charge in [-0.05, 0) is 18.2 Å². The number of hydrogen-bond acceptors (Lipinski definition) is 5. The van der Waals surface area contributed by atoms with E-state index in [9.17, 15) is 12.8 Å². The Morgan fingerprint density at radius 1 is 1.42 bits per heavy atom. The third-order valence-electron chi connectivity index (χ3n) is 2.44. The van der Waals surface area contributed by atoms with Crippen LogP contribution in [0.3, 0.4) is 0 Å². The molecular weight excluding hydrogens is 289 g/mol. The summed E-state index contributed by atoms with van der Waals surface area (Å²) in [6.07, 6.45) is 1.60. The highest BCUT2D eigenvalue weighted by molar-refractivity contribution is 7.89. The molecule has 0 saturated carbocycles. The van der Waals surface area contributed by atoms with Gasteiger partial charge in [-0.2, -0.15) is 0 Å².